The number of thiazole rings is 1. The minimum absolute atomic E-state index is 0.0145. The third-order valence-electron chi connectivity index (χ3n) is 14.3. The van der Waals surface area contributed by atoms with Crippen LogP contribution in [0.1, 0.15) is 128 Å². The van der Waals surface area contributed by atoms with Crippen molar-refractivity contribution in [3.05, 3.63) is 64.6 Å². The average molecular weight is 962 g/mol. The summed E-state index contributed by atoms with van der Waals surface area (Å²) in [6, 6.07) is 7.80. The summed E-state index contributed by atoms with van der Waals surface area (Å²) >= 11 is 1.49. The molecular weight excluding hydrogens is 887 g/mol. The molecule has 0 radical (unpaired) electrons. The van der Waals surface area contributed by atoms with E-state index in [9.17, 15) is 33.6 Å². The normalized spacial score (nSPS) is 19.9. The Hall–Kier alpha value is -5.00. The molecule has 2 fully saturated rings. The van der Waals surface area contributed by atoms with E-state index in [-0.39, 0.29) is 78.7 Å². The van der Waals surface area contributed by atoms with Crippen LogP contribution in [-0.2, 0) is 49.5 Å². The molecule has 8 atom stereocenters. The zero-order valence-electron chi connectivity index (χ0n) is 41.4. The van der Waals surface area contributed by atoms with Crippen molar-refractivity contribution in [3.63, 3.8) is 0 Å². The van der Waals surface area contributed by atoms with E-state index in [0.29, 0.717) is 57.9 Å². The highest BCUT2D eigenvalue weighted by atomic mass is 32.1. The van der Waals surface area contributed by atoms with Crippen molar-refractivity contribution in [1.82, 2.24) is 35.6 Å². The summed E-state index contributed by atoms with van der Waals surface area (Å²) in [6.45, 7) is 10.4. The van der Waals surface area contributed by atoms with Crippen molar-refractivity contribution in [3.8, 4) is 0 Å². The van der Waals surface area contributed by atoms with E-state index in [4.69, 9.17) is 9.47 Å². The van der Waals surface area contributed by atoms with Gasteiger partial charge in [-0.25, -0.2) is 4.98 Å². The number of carbonyl (C=O) groups is 7. The first-order chi connectivity index (χ1) is 32.5. The number of amides is 7. The van der Waals surface area contributed by atoms with Gasteiger partial charge >= 0.3 is 0 Å². The minimum Gasteiger partial charge on any atom is -0.379 e. The van der Waals surface area contributed by atoms with Gasteiger partial charge in [0.25, 0.3) is 11.8 Å². The number of likely N-dealkylation sites (tertiary alicyclic amines) is 1. The van der Waals surface area contributed by atoms with Gasteiger partial charge in [0.2, 0.25) is 29.5 Å². The van der Waals surface area contributed by atoms with Crippen LogP contribution in [0.4, 0.5) is 0 Å². The average Bonchev–Trinajstić information content (AvgIpc) is 4.18. The molecule has 1 saturated carbocycles. The summed E-state index contributed by atoms with van der Waals surface area (Å²) in [5.74, 6) is -2.98. The number of likely N-dealkylation sites (N-methyl/N-ethyl adjacent to an activating group) is 1. The highest BCUT2D eigenvalue weighted by Gasteiger charge is 2.46. The fourth-order valence-electron chi connectivity index (χ4n) is 10.2. The van der Waals surface area contributed by atoms with Crippen LogP contribution in [0.15, 0.2) is 54.1 Å². The standard InChI is InChI=1S/C51H75N7O9S/c1-9-34(4)45(56(6)49(64)44(33(2)3)54-50(65)51(25-15-16-26-51)55-40(59)22-14-11-17-28-58-41(60)23-24-42(58)61)39(66-7)32-43(62)57-29-18-21-38(57)46(67-8)35(5)47(63)53-37(48-52-27-30-68-48)31-36-19-12-10-13-20-36/h10,12-13,19-20,23-24,27,30,33-35,37-39,44-46H,9,11,14-18,21-22,25-26,28-29,31-32H2,1-8H3,(H,53,63)(H,54,65)(H,55,59)/t34-,35+,37-,38-,39+,44-,45-,46+/m0/s1. The van der Waals surface area contributed by atoms with E-state index in [1.165, 1.54) is 28.4 Å². The summed E-state index contributed by atoms with van der Waals surface area (Å²) in [7, 11) is 4.83. The van der Waals surface area contributed by atoms with Crippen LogP contribution >= 0.6 is 11.3 Å². The lowest BCUT2D eigenvalue weighted by Gasteiger charge is -2.41. The van der Waals surface area contributed by atoms with Crippen LogP contribution in [0.3, 0.4) is 0 Å². The highest BCUT2D eigenvalue weighted by molar-refractivity contribution is 7.09. The Morgan fingerprint density at radius 3 is 2.22 bits per heavy atom. The zero-order valence-corrected chi connectivity index (χ0v) is 42.2. The summed E-state index contributed by atoms with van der Waals surface area (Å²) in [5.41, 5.74) is -0.0837. The molecule has 7 amide bonds. The second kappa shape index (κ2) is 25.6. The summed E-state index contributed by atoms with van der Waals surface area (Å²) < 4.78 is 12.2. The number of imide groups is 1. The Balaban J connectivity index is 1.22. The van der Waals surface area contributed by atoms with Crippen molar-refractivity contribution >= 4 is 52.7 Å². The van der Waals surface area contributed by atoms with Gasteiger partial charge in [-0.2, -0.15) is 0 Å². The van der Waals surface area contributed by atoms with Crippen molar-refractivity contribution < 1.29 is 43.0 Å². The molecule has 0 spiro atoms. The summed E-state index contributed by atoms with van der Waals surface area (Å²) in [5, 5.41) is 12.0. The molecule has 2 aromatic rings. The molecule has 3 N–H and O–H groups in total. The van der Waals surface area contributed by atoms with Gasteiger partial charge in [-0.1, -0.05) is 90.6 Å². The van der Waals surface area contributed by atoms with Crippen molar-refractivity contribution in [2.75, 3.05) is 34.4 Å². The number of aromatic nitrogens is 1. The van der Waals surface area contributed by atoms with E-state index < -0.39 is 41.7 Å². The maximum Gasteiger partial charge on any atom is 0.253 e. The SMILES string of the molecule is CC[C@H](C)[C@@H]([C@@H](CC(=O)N1CCC[C@H]1[C@H](OC)[C@@H](C)C(=O)N[C@@H](Cc1ccccc1)c1nccs1)OC)N(C)C(=O)[C@@H](NC(=O)C1(NC(=O)CCCCCN2C(=O)C=CC2=O)CCCC1)C(C)C. The first-order valence-corrected chi connectivity index (χ1v) is 25.4. The van der Waals surface area contributed by atoms with E-state index in [2.05, 4.69) is 20.9 Å². The van der Waals surface area contributed by atoms with Crippen LogP contribution in [0, 0.1) is 17.8 Å². The van der Waals surface area contributed by atoms with Crippen molar-refractivity contribution in [1.29, 1.82) is 0 Å². The lowest BCUT2D eigenvalue weighted by molar-refractivity contribution is -0.148. The number of nitrogens with one attached hydrogen (secondary N) is 3. The minimum atomic E-state index is -1.16. The summed E-state index contributed by atoms with van der Waals surface area (Å²) in [4.78, 5) is 104. The van der Waals surface area contributed by atoms with Crippen LogP contribution in [0.2, 0.25) is 0 Å². The first kappa shape index (κ1) is 53.9. The highest BCUT2D eigenvalue weighted by Crippen LogP contribution is 2.33. The Morgan fingerprint density at radius 2 is 1.62 bits per heavy atom. The topological polar surface area (TPSA) is 197 Å². The van der Waals surface area contributed by atoms with Gasteiger partial charge in [0.05, 0.1) is 42.7 Å². The second-order valence-corrected chi connectivity index (χ2v) is 20.1. The van der Waals surface area contributed by atoms with E-state index >= 15 is 0 Å². The van der Waals surface area contributed by atoms with Gasteiger partial charge in [-0.3, -0.25) is 38.5 Å². The number of carbonyl (C=O) groups excluding carboxylic acids is 7. The largest absolute Gasteiger partial charge is 0.379 e. The van der Waals surface area contributed by atoms with E-state index in [1.54, 1.807) is 32.4 Å². The molecule has 1 saturated heterocycles. The van der Waals surface area contributed by atoms with E-state index in [0.717, 1.165) is 29.8 Å². The molecule has 17 heteroatoms. The molecule has 68 heavy (non-hydrogen) atoms. The smallest absolute Gasteiger partial charge is 0.253 e. The van der Waals surface area contributed by atoms with Crippen LogP contribution < -0.4 is 16.0 Å². The number of rotatable bonds is 26. The Labute approximate surface area is 406 Å². The predicted molar refractivity (Wildman–Crippen MR) is 260 cm³/mol. The van der Waals surface area contributed by atoms with Gasteiger partial charge in [-0.15, -0.1) is 11.3 Å². The fourth-order valence-corrected chi connectivity index (χ4v) is 10.9. The molecule has 374 valence electrons. The monoisotopic (exact) mass is 962 g/mol. The van der Waals surface area contributed by atoms with Gasteiger partial charge in [0.15, 0.2) is 0 Å². The molecule has 3 aliphatic rings. The van der Waals surface area contributed by atoms with Crippen LogP contribution in [0.5, 0.6) is 0 Å². The Morgan fingerprint density at radius 1 is 0.926 bits per heavy atom. The van der Waals surface area contributed by atoms with Crippen molar-refractivity contribution in [2.45, 2.75) is 160 Å². The lowest BCUT2D eigenvalue weighted by Crippen LogP contribution is -2.63. The first-order valence-electron chi connectivity index (χ1n) is 24.6. The molecule has 5 rings (SSSR count). The number of hydrogen-bond donors (Lipinski definition) is 3. The zero-order chi connectivity index (χ0) is 49.5. The van der Waals surface area contributed by atoms with E-state index in [1.807, 2.05) is 75.2 Å². The number of ether oxygens (including phenoxy) is 2. The molecule has 16 nitrogen and oxygen atoms in total. The van der Waals surface area contributed by atoms with Gasteiger partial charge < -0.3 is 35.2 Å². The predicted octanol–water partition coefficient (Wildman–Crippen LogP) is 5.52. The Kier molecular flexibility index (Phi) is 20.3. The quantitative estimate of drug-likeness (QED) is 0.0798. The number of unbranched alkanes of at least 4 members (excludes halogenated alkanes) is 2. The van der Waals surface area contributed by atoms with Crippen molar-refractivity contribution in [2.24, 2.45) is 17.8 Å². The van der Waals surface area contributed by atoms with Gasteiger partial charge in [0, 0.05) is 64.5 Å². The number of nitrogens with zero attached hydrogens (tertiary/aromatic N) is 4. The summed E-state index contributed by atoms with van der Waals surface area (Å²) in [6.07, 6.45) is 9.90. The lowest BCUT2D eigenvalue weighted by atomic mass is 9.89. The third-order valence-corrected chi connectivity index (χ3v) is 15.2. The van der Waals surface area contributed by atoms with Gasteiger partial charge in [-0.05, 0) is 62.3 Å². The molecule has 3 heterocycles. The molecule has 1 aliphatic carbocycles. The molecule has 1 aromatic carbocycles. The molecular formula is C51H75N7O9S. The number of hydrogen-bond acceptors (Lipinski definition) is 11. The fraction of sp³-hybridized carbons (Fsp3) is 0.647. The second-order valence-electron chi connectivity index (χ2n) is 19.2. The Bertz CT molecular complexity index is 2020. The maximum absolute atomic E-state index is 14.7. The van der Waals surface area contributed by atoms with Gasteiger partial charge in [0.1, 0.15) is 16.6 Å². The third kappa shape index (κ3) is 13.6. The molecule has 0 unspecified atom stereocenters. The molecule has 0 bridgehead atoms. The molecule has 2 aliphatic heterocycles. The number of benzene rings is 1. The number of methoxy groups -OCH3 is 2. The van der Waals surface area contributed by atoms with Crippen LogP contribution in [-0.4, -0.2) is 131 Å². The molecule has 1 aromatic heterocycles. The maximum atomic E-state index is 14.7. The van der Waals surface area contributed by atoms with Crippen LogP contribution in [0.25, 0.3) is 0 Å².